The summed E-state index contributed by atoms with van der Waals surface area (Å²) in [5.74, 6) is -2.44. The second-order valence-electron chi connectivity index (χ2n) is 17.1. The number of azo groups is 4. The molecular weight excluding hydrogens is 1150 g/mol. The van der Waals surface area contributed by atoms with E-state index in [1.54, 1.807) is 0 Å². The molecule has 29 nitrogen and oxygen atoms in total. The van der Waals surface area contributed by atoms with Crippen LogP contribution in [-0.2, 0) is 40.5 Å². The van der Waals surface area contributed by atoms with Gasteiger partial charge in [-0.25, -0.2) is 0 Å². The molecule has 422 valence electrons. The zero-order chi connectivity index (χ0) is 58.9. The lowest BCUT2D eigenvalue weighted by Gasteiger charge is -2.13. The minimum atomic E-state index is -5.20. The number of aliphatic hydroxyl groups excluding tert-OH is 2. The molecule has 81 heavy (non-hydrogen) atoms. The van der Waals surface area contributed by atoms with Crippen LogP contribution in [0.15, 0.2) is 158 Å². The Labute approximate surface area is 458 Å². The molecule has 0 aliphatic carbocycles. The highest BCUT2D eigenvalue weighted by Crippen LogP contribution is 2.47. The van der Waals surface area contributed by atoms with Gasteiger partial charge in [0.25, 0.3) is 40.5 Å². The van der Waals surface area contributed by atoms with Crippen LogP contribution in [0.4, 0.5) is 45.5 Å². The minimum Gasteiger partial charge on any atom is -0.505 e. The molecule has 0 unspecified atom stereocenters. The summed E-state index contributed by atoms with van der Waals surface area (Å²) in [5, 5.41) is 89.5. The molecular formula is C48H42N10O19S4. The Balaban J connectivity index is 1.11. The predicted molar refractivity (Wildman–Crippen MR) is 285 cm³/mol. The van der Waals surface area contributed by atoms with Gasteiger partial charge in [-0.15, -0.1) is 30.7 Å². The zero-order valence-electron chi connectivity index (χ0n) is 41.8. The SMILES string of the molecule is Cc1cc(S(=O)(=O)O)c(C)cc1/N=N/c1cc(OCCO)c(/N=N/c2c(S(=O)(=O)O)cc3cc(/N=N/c4c(C)nn(-c5ccc6c(O)c(/N=N/c7ccccc7S(=O)(=O)O)c(S(=O)(=O)O)cc6c5)c4O)ccc3c2O)cc1OCCO. The van der Waals surface area contributed by atoms with Gasteiger partial charge in [-0.1, -0.05) is 12.1 Å². The molecule has 0 amide bonds. The summed E-state index contributed by atoms with van der Waals surface area (Å²) < 4.78 is 150. The average Bonchev–Trinajstić information content (AvgIpc) is 3.80. The molecule has 33 heteroatoms. The van der Waals surface area contributed by atoms with Crippen LogP contribution in [0.2, 0.25) is 0 Å². The largest absolute Gasteiger partial charge is 0.505 e. The van der Waals surface area contributed by atoms with Gasteiger partial charge in [0.1, 0.15) is 67.8 Å². The van der Waals surface area contributed by atoms with E-state index in [-0.39, 0.29) is 96.5 Å². The first-order chi connectivity index (χ1) is 38.1. The standard InChI is InChI=1S/C48H42N10O19S4/c1-24-17-40(79(67,68)69)25(2)16-34(24)51-52-35-22-38(77-15-13-60)36(23-37(35)76-14-12-59)53-56-45-41(80(70,71)72)20-27-18-29(8-10-31(27)46(45)61)49-54-43-26(3)57-58(48(43)63)30-9-11-32-28(19-30)21-42(81(73,74)75)44(47(32)62)55-50-33-6-4-5-7-39(33)78(64,65)66/h4-11,16-23,59-63H,12-15H2,1-3H3,(H,64,65,66)(H,67,68,69)(H,70,71,72)(H,73,74,75)/b52-51+,54-49+,55-50+,56-53+. The highest BCUT2D eigenvalue weighted by Gasteiger charge is 2.26. The zero-order valence-corrected chi connectivity index (χ0v) is 45.0. The third-order valence-corrected chi connectivity index (χ3v) is 15.2. The van der Waals surface area contributed by atoms with Crippen molar-refractivity contribution in [2.45, 2.75) is 40.4 Å². The fourth-order valence-electron chi connectivity index (χ4n) is 7.84. The van der Waals surface area contributed by atoms with Crippen LogP contribution in [0.5, 0.6) is 28.9 Å². The number of rotatable bonds is 19. The van der Waals surface area contributed by atoms with Crippen LogP contribution in [-0.4, -0.2) is 114 Å². The van der Waals surface area contributed by atoms with Gasteiger partial charge in [-0.3, -0.25) is 18.2 Å². The topological polar surface area (TPSA) is 454 Å². The molecule has 0 saturated heterocycles. The number of phenols is 2. The highest BCUT2D eigenvalue weighted by atomic mass is 32.2. The number of benzene rings is 7. The maximum atomic E-state index is 12.9. The van der Waals surface area contributed by atoms with Gasteiger partial charge in [-0.05, 0) is 115 Å². The van der Waals surface area contributed by atoms with Crippen LogP contribution in [0.1, 0.15) is 16.8 Å². The van der Waals surface area contributed by atoms with E-state index in [4.69, 9.17) is 9.47 Å². The first kappa shape index (κ1) is 58.4. The van der Waals surface area contributed by atoms with E-state index in [9.17, 15) is 77.4 Å². The van der Waals surface area contributed by atoms with E-state index >= 15 is 0 Å². The Bertz CT molecular complexity index is 4480. The summed E-state index contributed by atoms with van der Waals surface area (Å²) in [7, 11) is -19.7. The molecule has 0 radical (unpaired) electrons. The normalized spacial score (nSPS) is 12.8. The third kappa shape index (κ3) is 12.7. The summed E-state index contributed by atoms with van der Waals surface area (Å²) in [4.78, 5) is -2.91. The molecule has 0 bridgehead atoms. The molecule has 8 aromatic rings. The molecule has 0 atom stereocenters. The van der Waals surface area contributed by atoms with Crippen molar-refractivity contribution < 1.29 is 86.9 Å². The van der Waals surface area contributed by atoms with Crippen LogP contribution in [0.25, 0.3) is 27.2 Å². The minimum absolute atomic E-state index is 0.0104. The molecule has 0 spiro atoms. The fourth-order valence-corrected chi connectivity index (χ4v) is 10.6. The van der Waals surface area contributed by atoms with Gasteiger partial charge in [0.05, 0.1) is 40.9 Å². The maximum Gasteiger partial charge on any atom is 0.296 e. The van der Waals surface area contributed by atoms with Gasteiger partial charge in [0.15, 0.2) is 17.2 Å². The van der Waals surface area contributed by atoms with E-state index in [2.05, 4.69) is 46.0 Å². The van der Waals surface area contributed by atoms with Gasteiger partial charge < -0.3 is 35.0 Å². The molecule has 0 fully saturated rings. The van der Waals surface area contributed by atoms with Crippen molar-refractivity contribution in [1.29, 1.82) is 0 Å². The van der Waals surface area contributed by atoms with E-state index in [1.807, 2.05) is 0 Å². The molecule has 0 aliphatic heterocycles. The summed E-state index contributed by atoms with van der Waals surface area (Å²) in [6.07, 6.45) is 0. The quantitative estimate of drug-likeness (QED) is 0.0268. The summed E-state index contributed by atoms with van der Waals surface area (Å²) in [6.45, 7) is 2.84. The molecule has 8 rings (SSSR count). The smallest absolute Gasteiger partial charge is 0.296 e. The van der Waals surface area contributed by atoms with E-state index in [0.717, 1.165) is 28.9 Å². The highest BCUT2D eigenvalue weighted by molar-refractivity contribution is 7.86. The monoisotopic (exact) mass is 1190 g/mol. The lowest BCUT2D eigenvalue weighted by atomic mass is 10.1. The van der Waals surface area contributed by atoms with Crippen molar-refractivity contribution in [2.75, 3.05) is 26.4 Å². The van der Waals surface area contributed by atoms with Crippen molar-refractivity contribution in [3.63, 3.8) is 0 Å². The summed E-state index contributed by atoms with van der Waals surface area (Å²) in [5.41, 5.74) is -1.57. The van der Waals surface area contributed by atoms with Crippen molar-refractivity contribution in [1.82, 2.24) is 9.78 Å². The van der Waals surface area contributed by atoms with Gasteiger partial charge in [0.2, 0.25) is 5.88 Å². The summed E-state index contributed by atoms with van der Waals surface area (Å²) in [6, 6.07) is 19.4. The number of nitrogens with zero attached hydrogens (tertiary/aromatic N) is 10. The number of aromatic nitrogens is 2. The molecule has 9 N–H and O–H groups in total. The van der Waals surface area contributed by atoms with Gasteiger partial charge in [0, 0.05) is 22.9 Å². The average molecular weight is 1190 g/mol. The molecule has 7 aromatic carbocycles. The van der Waals surface area contributed by atoms with E-state index < -0.39 is 103 Å². The number of aliphatic hydroxyl groups is 2. The first-order valence-corrected chi connectivity index (χ1v) is 28.7. The van der Waals surface area contributed by atoms with E-state index in [1.165, 1.54) is 93.6 Å². The number of aryl methyl sites for hydroxylation is 3. The van der Waals surface area contributed by atoms with Crippen molar-refractivity contribution in [3.05, 3.63) is 114 Å². The Morgan fingerprint density at radius 2 is 0.951 bits per heavy atom. The maximum absolute atomic E-state index is 12.9. The van der Waals surface area contributed by atoms with Crippen molar-refractivity contribution in [3.8, 4) is 34.6 Å². The number of ether oxygens (including phenoxy) is 2. The van der Waals surface area contributed by atoms with Crippen LogP contribution >= 0.6 is 0 Å². The van der Waals surface area contributed by atoms with Crippen molar-refractivity contribution >= 4 is 108 Å². The van der Waals surface area contributed by atoms with Gasteiger partial charge in [-0.2, -0.15) is 53.7 Å². The molecule has 1 aromatic heterocycles. The van der Waals surface area contributed by atoms with Crippen LogP contribution in [0, 0.1) is 20.8 Å². The predicted octanol–water partition coefficient (Wildman–Crippen LogP) is 9.61. The Morgan fingerprint density at radius 3 is 1.49 bits per heavy atom. The van der Waals surface area contributed by atoms with Crippen LogP contribution < -0.4 is 9.47 Å². The Kier molecular flexibility index (Phi) is 16.4. The molecule has 1 heterocycles. The molecule has 0 saturated carbocycles. The first-order valence-electron chi connectivity index (χ1n) is 22.9. The number of hydrogen-bond donors (Lipinski definition) is 9. The van der Waals surface area contributed by atoms with E-state index in [0.29, 0.717) is 5.56 Å². The Hall–Kier alpha value is -8.77. The Morgan fingerprint density at radius 1 is 0.469 bits per heavy atom. The lowest BCUT2D eigenvalue weighted by molar-refractivity contribution is 0.198. The number of aromatic hydroxyl groups is 3. The lowest BCUT2D eigenvalue weighted by Crippen LogP contribution is -2.04. The van der Waals surface area contributed by atoms with Gasteiger partial charge >= 0.3 is 0 Å². The fraction of sp³-hybridized carbons (Fsp3) is 0.146. The second kappa shape index (κ2) is 22.8. The number of fused-ring (bicyclic) bond motifs is 2. The second-order valence-corrected chi connectivity index (χ2v) is 22.7. The summed E-state index contributed by atoms with van der Waals surface area (Å²) >= 11 is 0. The number of phenolic OH excluding ortho intramolecular Hbond substituents is 2. The number of hydrogen-bond acceptors (Lipinski definition) is 24. The van der Waals surface area contributed by atoms with Crippen molar-refractivity contribution in [2.24, 2.45) is 40.9 Å². The third-order valence-electron chi connectivity index (χ3n) is 11.6. The molecule has 0 aliphatic rings. The van der Waals surface area contributed by atoms with Crippen LogP contribution in [0.3, 0.4) is 0 Å².